The van der Waals surface area contributed by atoms with Gasteiger partial charge in [0.1, 0.15) is 11.8 Å². The number of likely N-dealkylation sites (N-methyl/N-ethyl adjacent to an activating group) is 1. The second-order valence-corrected chi connectivity index (χ2v) is 7.34. The number of carbonyl (C=O) groups is 2. The molecule has 1 heterocycles. The molecule has 6 nitrogen and oxygen atoms in total. The van der Waals surface area contributed by atoms with Gasteiger partial charge in [-0.1, -0.05) is 24.3 Å². The van der Waals surface area contributed by atoms with Crippen LogP contribution in [0.4, 0.5) is 24.5 Å². The zero-order valence-corrected chi connectivity index (χ0v) is 17.3. The van der Waals surface area contributed by atoms with Crippen molar-refractivity contribution in [2.75, 3.05) is 30.4 Å². The van der Waals surface area contributed by atoms with Crippen molar-refractivity contribution in [3.05, 3.63) is 54.1 Å². The molecule has 3 rings (SSSR count). The standard InChI is InChI=1S/C22H24F3N3O3/c1-3-31-16-10-8-15(9-11-16)13-27(2)14-21(30)28-18-7-5-4-6-17(18)26-20(29)12-19(28)22(23,24)25/h4-11,19H,3,12-14H2,1-2H3,(H,26,29)/t19-/m0/s1. The lowest BCUT2D eigenvalue weighted by molar-refractivity contribution is -0.158. The van der Waals surface area contributed by atoms with Crippen molar-refractivity contribution in [2.45, 2.75) is 32.1 Å². The van der Waals surface area contributed by atoms with E-state index in [1.54, 1.807) is 30.1 Å². The van der Waals surface area contributed by atoms with Crippen molar-refractivity contribution in [1.29, 1.82) is 0 Å². The molecule has 0 bridgehead atoms. The van der Waals surface area contributed by atoms with E-state index in [0.29, 0.717) is 18.1 Å². The smallest absolute Gasteiger partial charge is 0.409 e. The minimum Gasteiger partial charge on any atom is -0.494 e. The number of alkyl halides is 3. The molecule has 2 amide bonds. The Morgan fingerprint density at radius 2 is 1.87 bits per heavy atom. The van der Waals surface area contributed by atoms with E-state index < -0.39 is 30.5 Å². The van der Waals surface area contributed by atoms with E-state index >= 15 is 0 Å². The summed E-state index contributed by atoms with van der Waals surface area (Å²) in [5.74, 6) is -0.802. The Bertz CT molecular complexity index is 932. The number of para-hydroxylation sites is 2. The van der Waals surface area contributed by atoms with E-state index in [0.717, 1.165) is 11.3 Å². The Hall–Kier alpha value is -3.07. The first-order valence-electron chi connectivity index (χ1n) is 9.87. The Balaban J connectivity index is 1.80. The summed E-state index contributed by atoms with van der Waals surface area (Å²) in [5, 5.41) is 2.46. The summed E-state index contributed by atoms with van der Waals surface area (Å²) in [6.07, 6.45) is -5.61. The van der Waals surface area contributed by atoms with E-state index in [9.17, 15) is 22.8 Å². The largest absolute Gasteiger partial charge is 0.494 e. The van der Waals surface area contributed by atoms with E-state index in [2.05, 4.69) is 5.32 Å². The molecular formula is C22H24F3N3O3. The molecule has 0 saturated heterocycles. The first kappa shape index (κ1) is 22.6. The van der Waals surface area contributed by atoms with Crippen LogP contribution in [0.3, 0.4) is 0 Å². The molecule has 1 aliphatic heterocycles. The molecule has 0 aromatic heterocycles. The van der Waals surface area contributed by atoms with Crippen molar-refractivity contribution in [2.24, 2.45) is 0 Å². The highest BCUT2D eigenvalue weighted by molar-refractivity contribution is 6.05. The topological polar surface area (TPSA) is 61.9 Å². The fraction of sp³-hybridized carbons (Fsp3) is 0.364. The van der Waals surface area contributed by atoms with Gasteiger partial charge in [0.15, 0.2) is 0 Å². The van der Waals surface area contributed by atoms with Gasteiger partial charge in [0.2, 0.25) is 11.8 Å². The quantitative estimate of drug-likeness (QED) is 0.750. The summed E-state index contributed by atoms with van der Waals surface area (Å²) in [6, 6.07) is 11.1. The zero-order chi connectivity index (χ0) is 22.6. The highest BCUT2D eigenvalue weighted by atomic mass is 19.4. The summed E-state index contributed by atoms with van der Waals surface area (Å²) in [5.41, 5.74) is 1.11. The average Bonchev–Trinajstić information content (AvgIpc) is 2.85. The Kier molecular flexibility index (Phi) is 6.84. The molecule has 1 aliphatic rings. The number of hydrogen-bond donors (Lipinski definition) is 1. The SMILES string of the molecule is CCOc1ccc(CN(C)CC(=O)N2c3ccccc3NC(=O)C[C@H]2C(F)(F)F)cc1. The number of rotatable bonds is 6. The van der Waals surface area contributed by atoms with E-state index in [-0.39, 0.29) is 17.9 Å². The molecule has 31 heavy (non-hydrogen) atoms. The second kappa shape index (κ2) is 9.38. The van der Waals surface area contributed by atoms with Crippen LogP contribution in [0.1, 0.15) is 18.9 Å². The number of nitrogens with one attached hydrogen (secondary N) is 1. The molecule has 166 valence electrons. The molecule has 0 saturated carbocycles. The van der Waals surface area contributed by atoms with Crippen LogP contribution >= 0.6 is 0 Å². The fourth-order valence-corrected chi connectivity index (χ4v) is 3.53. The molecular weight excluding hydrogens is 411 g/mol. The average molecular weight is 435 g/mol. The summed E-state index contributed by atoms with van der Waals surface area (Å²) in [7, 11) is 1.66. The molecule has 0 aliphatic carbocycles. The van der Waals surface area contributed by atoms with Crippen LogP contribution in [0.25, 0.3) is 0 Å². The first-order valence-corrected chi connectivity index (χ1v) is 9.87. The van der Waals surface area contributed by atoms with Crippen LogP contribution in [0, 0.1) is 0 Å². The monoisotopic (exact) mass is 435 g/mol. The van der Waals surface area contributed by atoms with Gasteiger partial charge in [-0.25, -0.2) is 0 Å². The van der Waals surface area contributed by atoms with Crippen LogP contribution in [0.2, 0.25) is 0 Å². The number of hydrogen-bond acceptors (Lipinski definition) is 4. The molecule has 1 N–H and O–H groups in total. The molecule has 0 fully saturated rings. The van der Waals surface area contributed by atoms with Gasteiger partial charge in [-0.15, -0.1) is 0 Å². The number of benzene rings is 2. The van der Waals surface area contributed by atoms with E-state index in [1.165, 1.54) is 18.2 Å². The van der Waals surface area contributed by atoms with Crippen LogP contribution in [0.5, 0.6) is 5.75 Å². The van der Waals surface area contributed by atoms with Gasteiger partial charge in [0.25, 0.3) is 0 Å². The lowest BCUT2D eigenvalue weighted by Gasteiger charge is -2.33. The van der Waals surface area contributed by atoms with Crippen molar-refractivity contribution in [3.63, 3.8) is 0 Å². The van der Waals surface area contributed by atoms with Crippen molar-refractivity contribution in [3.8, 4) is 5.75 Å². The maximum absolute atomic E-state index is 13.8. The Morgan fingerprint density at radius 3 is 2.52 bits per heavy atom. The van der Waals surface area contributed by atoms with Crippen LogP contribution in [-0.2, 0) is 16.1 Å². The van der Waals surface area contributed by atoms with Crippen molar-refractivity contribution < 1.29 is 27.5 Å². The number of ether oxygens (including phenoxy) is 1. The molecule has 0 spiro atoms. The zero-order valence-electron chi connectivity index (χ0n) is 17.3. The van der Waals surface area contributed by atoms with Gasteiger partial charge in [-0.3, -0.25) is 19.4 Å². The van der Waals surface area contributed by atoms with Crippen LogP contribution in [-0.4, -0.2) is 49.1 Å². The lowest BCUT2D eigenvalue weighted by Crippen LogP contribution is -2.52. The second-order valence-electron chi connectivity index (χ2n) is 7.34. The van der Waals surface area contributed by atoms with E-state index in [4.69, 9.17) is 4.74 Å². The maximum atomic E-state index is 13.8. The number of carbonyl (C=O) groups excluding carboxylic acids is 2. The molecule has 0 radical (unpaired) electrons. The number of anilines is 2. The predicted octanol–water partition coefficient (Wildman–Crippen LogP) is 3.82. The predicted molar refractivity (Wildman–Crippen MR) is 111 cm³/mol. The third kappa shape index (κ3) is 5.55. The lowest BCUT2D eigenvalue weighted by atomic mass is 10.1. The number of halogens is 3. The summed E-state index contributed by atoms with van der Waals surface area (Å²) in [6.45, 7) is 2.54. The fourth-order valence-electron chi connectivity index (χ4n) is 3.53. The third-order valence-electron chi connectivity index (χ3n) is 4.87. The highest BCUT2D eigenvalue weighted by Gasteiger charge is 2.49. The van der Waals surface area contributed by atoms with Crippen LogP contribution < -0.4 is 15.0 Å². The minimum absolute atomic E-state index is 0.0372. The summed E-state index contributed by atoms with van der Waals surface area (Å²) in [4.78, 5) is 27.4. The third-order valence-corrected chi connectivity index (χ3v) is 4.87. The van der Waals surface area contributed by atoms with Gasteiger partial charge < -0.3 is 10.1 Å². The van der Waals surface area contributed by atoms with Gasteiger partial charge in [-0.05, 0) is 43.8 Å². The molecule has 2 aromatic carbocycles. The summed E-state index contributed by atoms with van der Waals surface area (Å²) >= 11 is 0. The molecule has 0 unspecified atom stereocenters. The number of nitrogens with zero attached hydrogens (tertiary/aromatic N) is 2. The first-order chi connectivity index (χ1) is 14.7. The Labute approximate surface area is 178 Å². The van der Waals surface area contributed by atoms with Crippen molar-refractivity contribution in [1.82, 2.24) is 4.90 Å². The number of fused-ring (bicyclic) bond motifs is 1. The van der Waals surface area contributed by atoms with Crippen LogP contribution in [0.15, 0.2) is 48.5 Å². The van der Waals surface area contributed by atoms with E-state index in [1.807, 2.05) is 19.1 Å². The molecule has 2 aromatic rings. The maximum Gasteiger partial charge on any atom is 0.409 e. The van der Waals surface area contributed by atoms with Gasteiger partial charge >= 0.3 is 6.18 Å². The molecule has 9 heteroatoms. The molecule has 1 atom stereocenters. The van der Waals surface area contributed by atoms with Gasteiger partial charge in [-0.2, -0.15) is 13.2 Å². The Morgan fingerprint density at radius 1 is 1.19 bits per heavy atom. The summed E-state index contributed by atoms with van der Waals surface area (Å²) < 4.78 is 46.7. The highest BCUT2D eigenvalue weighted by Crippen LogP contribution is 2.37. The van der Waals surface area contributed by atoms with Gasteiger partial charge in [0, 0.05) is 6.54 Å². The number of amides is 2. The van der Waals surface area contributed by atoms with Gasteiger partial charge in [0.05, 0.1) is 30.9 Å². The van der Waals surface area contributed by atoms with Crippen molar-refractivity contribution >= 4 is 23.2 Å². The normalized spacial score (nSPS) is 16.5. The minimum atomic E-state index is -4.75.